The van der Waals surface area contributed by atoms with Gasteiger partial charge in [0.1, 0.15) is 18.8 Å². The van der Waals surface area contributed by atoms with Gasteiger partial charge in [0.2, 0.25) is 0 Å². The molecule has 26 heavy (non-hydrogen) atoms. The third kappa shape index (κ3) is 5.01. The number of ether oxygens (including phenoxy) is 4. The molecule has 5 atom stereocenters. The van der Waals surface area contributed by atoms with Gasteiger partial charge >= 0.3 is 17.9 Å². The van der Waals surface area contributed by atoms with Gasteiger partial charge < -0.3 is 29.2 Å². The Morgan fingerprint density at radius 3 is 2.23 bits per heavy atom. The van der Waals surface area contributed by atoms with Gasteiger partial charge in [-0.15, -0.1) is 0 Å². The fourth-order valence-corrected chi connectivity index (χ4v) is 2.47. The van der Waals surface area contributed by atoms with Crippen LogP contribution in [0.5, 0.6) is 0 Å². The molecular weight excluding hydrogens is 348 g/mol. The molecule has 0 saturated carbocycles. The third-order valence-electron chi connectivity index (χ3n) is 3.64. The molecule has 0 unspecified atom stereocenters. The van der Waals surface area contributed by atoms with Gasteiger partial charge in [-0.2, -0.15) is 0 Å². The molecule has 0 amide bonds. The van der Waals surface area contributed by atoms with Gasteiger partial charge in [0, 0.05) is 13.8 Å². The van der Waals surface area contributed by atoms with E-state index < -0.39 is 48.6 Å². The van der Waals surface area contributed by atoms with E-state index in [1.165, 1.54) is 19.1 Å². The lowest BCUT2D eigenvalue weighted by atomic mass is 9.98. The minimum atomic E-state index is -1.70. The molecule has 9 nitrogen and oxygen atoms in total. The Morgan fingerprint density at radius 2 is 1.65 bits per heavy atom. The minimum absolute atomic E-state index is 0.206. The van der Waals surface area contributed by atoms with Gasteiger partial charge in [0.05, 0.1) is 5.56 Å². The zero-order valence-corrected chi connectivity index (χ0v) is 14.2. The second-order valence-electron chi connectivity index (χ2n) is 5.67. The molecule has 0 spiro atoms. The van der Waals surface area contributed by atoms with Gasteiger partial charge in [0.15, 0.2) is 18.5 Å². The highest BCUT2D eigenvalue weighted by atomic mass is 16.7. The topological polar surface area (TPSA) is 129 Å². The first-order valence-electron chi connectivity index (χ1n) is 7.87. The van der Waals surface area contributed by atoms with Crippen LogP contribution in [-0.2, 0) is 28.5 Å². The van der Waals surface area contributed by atoms with Gasteiger partial charge in [0.25, 0.3) is 0 Å². The molecular formula is C17H20O9. The van der Waals surface area contributed by atoms with Crippen LogP contribution in [0.25, 0.3) is 0 Å². The first-order chi connectivity index (χ1) is 12.3. The van der Waals surface area contributed by atoms with Crippen molar-refractivity contribution in [1.82, 2.24) is 0 Å². The summed E-state index contributed by atoms with van der Waals surface area (Å²) in [4.78, 5) is 34.4. The predicted octanol–water partition coefficient (Wildman–Crippen LogP) is -0.215. The summed E-state index contributed by atoms with van der Waals surface area (Å²) in [5.74, 6) is -2.14. The van der Waals surface area contributed by atoms with Gasteiger partial charge in [-0.05, 0) is 12.1 Å². The predicted molar refractivity (Wildman–Crippen MR) is 84.7 cm³/mol. The normalized spacial score (nSPS) is 28.1. The maximum absolute atomic E-state index is 12.2. The number of aliphatic hydroxyl groups excluding tert-OH is 2. The number of benzene rings is 1. The quantitative estimate of drug-likeness (QED) is 0.535. The average molecular weight is 368 g/mol. The molecule has 142 valence electrons. The maximum atomic E-state index is 12.2. The molecule has 1 fully saturated rings. The maximum Gasteiger partial charge on any atom is 0.338 e. The van der Waals surface area contributed by atoms with Crippen LogP contribution in [0, 0.1) is 0 Å². The molecule has 1 aliphatic heterocycles. The number of carbonyl (C=O) groups is 3. The molecule has 0 aliphatic carbocycles. The fourth-order valence-electron chi connectivity index (χ4n) is 2.47. The summed E-state index contributed by atoms with van der Waals surface area (Å²) in [7, 11) is 0. The van der Waals surface area contributed by atoms with Crippen LogP contribution in [0.4, 0.5) is 0 Å². The van der Waals surface area contributed by atoms with Crippen LogP contribution in [-0.4, -0.2) is 65.4 Å². The molecule has 1 saturated heterocycles. The second-order valence-corrected chi connectivity index (χ2v) is 5.67. The number of aliphatic hydroxyl groups is 2. The number of rotatable bonds is 5. The molecule has 1 heterocycles. The third-order valence-corrected chi connectivity index (χ3v) is 3.64. The molecule has 1 aromatic carbocycles. The summed E-state index contributed by atoms with van der Waals surface area (Å²) < 4.78 is 20.2. The fraction of sp³-hybridized carbons (Fsp3) is 0.471. The van der Waals surface area contributed by atoms with E-state index in [0.29, 0.717) is 0 Å². The average Bonchev–Trinajstić information content (AvgIpc) is 2.59. The molecule has 0 aromatic heterocycles. The van der Waals surface area contributed by atoms with Gasteiger partial charge in [-0.3, -0.25) is 9.59 Å². The van der Waals surface area contributed by atoms with E-state index in [2.05, 4.69) is 0 Å². The number of hydrogen-bond acceptors (Lipinski definition) is 9. The minimum Gasteiger partial charge on any atom is -0.463 e. The van der Waals surface area contributed by atoms with Crippen molar-refractivity contribution in [2.75, 3.05) is 6.61 Å². The molecule has 2 rings (SSSR count). The van der Waals surface area contributed by atoms with Crippen molar-refractivity contribution < 1.29 is 43.5 Å². The van der Waals surface area contributed by atoms with Crippen molar-refractivity contribution >= 4 is 17.9 Å². The van der Waals surface area contributed by atoms with E-state index in [-0.39, 0.29) is 12.2 Å². The van der Waals surface area contributed by atoms with Crippen molar-refractivity contribution in [3.8, 4) is 0 Å². The van der Waals surface area contributed by atoms with Gasteiger partial charge in [-0.1, -0.05) is 18.2 Å². The Kier molecular flexibility index (Phi) is 6.67. The van der Waals surface area contributed by atoms with E-state index in [1.54, 1.807) is 18.2 Å². The summed E-state index contributed by atoms with van der Waals surface area (Å²) in [6, 6.07) is 7.95. The van der Waals surface area contributed by atoms with Crippen LogP contribution in [0.15, 0.2) is 30.3 Å². The number of hydrogen-bond donors (Lipinski definition) is 2. The SMILES string of the molecule is CC(=O)OC[C@H]1O[C@H](O)[C@H](OC(=O)c2ccccc2)[C@@H](O)[C@H]1OC(C)=O. The summed E-state index contributed by atoms with van der Waals surface area (Å²) in [6.45, 7) is 1.92. The monoisotopic (exact) mass is 368 g/mol. The highest BCUT2D eigenvalue weighted by Gasteiger charge is 2.49. The Labute approximate surface area is 149 Å². The molecule has 2 N–H and O–H groups in total. The van der Waals surface area contributed by atoms with Crippen LogP contribution in [0.1, 0.15) is 24.2 Å². The zero-order valence-electron chi connectivity index (χ0n) is 14.2. The summed E-state index contributed by atoms with van der Waals surface area (Å²) >= 11 is 0. The molecule has 0 radical (unpaired) electrons. The molecule has 1 aliphatic rings. The van der Waals surface area contributed by atoms with Crippen LogP contribution >= 0.6 is 0 Å². The molecule has 0 bridgehead atoms. The van der Waals surface area contributed by atoms with Crippen LogP contribution in [0.3, 0.4) is 0 Å². The molecule has 1 aromatic rings. The largest absolute Gasteiger partial charge is 0.463 e. The summed E-state index contributed by atoms with van der Waals surface area (Å²) in [6.07, 6.45) is -7.22. The first kappa shape index (κ1) is 19.8. The lowest BCUT2D eigenvalue weighted by Gasteiger charge is -2.41. The Bertz CT molecular complexity index is 645. The highest BCUT2D eigenvalue weighted by Crippen LogP contribution is 2.26. The highest BCUT2D eigenvalue weighted by molar-refractivity contribution is 5.89. The summed E-state index contributed by atoms with van der Waals surface area (Å²) in [5, 5.41) is 20.5. The number of esters is 3. The van der Waals surface area contributed by atoms with Crippen LogP contribution in [0.2, 0.25) is 0 Å². The van der Waals surface area contributed by atoms with E-state index in [4.69, 9.17) is 18.9 Å². The first-order valence-corrected chi connectivity index (χ1v) is 7.87. The Morgan fingerprint density at radius 1 is 1.00 bits per heavy atom. The van der Waals surface area contributed by atoms with Crippen molar-refractivity contribution in [3.05, 3.63) is 35.9 Å². The lowest BCUT2D eigenvalue weighted by molar-refractivity contribution is -0.289. The van der Waals surface area contributed by atoms with Crippen molar-refractivity contribution in [1.29, 1.82) is 0 Å². The lowest BCUT2D eigenvalue weighted by Crippen LogP contribution is -2.61. The Balaban J connectivity index is 2.14. The standard InChI is InChI=1S/C17H20O9/c1-9(18)23-8-12-14(24-10(2)19)13(20)15(17(22)25-12)26-16(21)11-6-4-3-5-7-11/h3-7,12-15,17,20,22H,8H2,1-2H3/t12-,13+,14+,15-,17+/m1/s1. The van der Waals surface area contributed by atoms with Crippen molar-refractivity contribution in [3.63, 3.8) is 0 Å². The van der Waals surface area contributed by atoms with E-state index in [0.717, 1.165) is 6.92 Å². The smallest absolute Gasteiger partial charge is 0.338 e. The van der Waals surface area contributed by atoms with Crippen molar-refractivity contribution in [2.45, 2.75) is 44.6 Å². The molecule has 9 heteroatoms. The Hall–Kier alpha value is -2.49. The van der Waals surface area contributed by atoms with E-state index in [9.17, 15) is 24.6 Å². The summed E-state index contributed by atoms with van der Waals surface area (Å²) in [5.41, 5.74) is 0.206. The van der Waals surface area contributed by atoms with E-state index >= 15 is 0 Å². The number of carbonyl (C=O) groups excluding carboxylic acids is 3. The van der Waals surface area contributed by atoms with E-state index in [1.807, 2.05) is 0 Å². The van der Waals surface area contributed by atoms with Crippen LogP contribution < -0.4 is 0 Å². The van der Waals surface area contributed by atoms with Crippen molar-refractivity contribution in [2.24, 2.45) is 0 Å². The zero-order chi connectivity index (χ0) is 19.3. The van der Waals surface area contributed by atoms with Gasteiger partial charge in [-0.25, -0.2) is 4.79 Å². The second kappa shape index (κ2) is 8.75.